The third kappa shape index (κ3) is 3.16. The van der Waals surface area contributed by atoms with Gasteiger partial charge in [-0.15, -0.1) is 0 Å². The van der Waals surface area contributed by atoms with Crippen molar-refractivity contribution in [3.8, 4) is 11.4 Å². The molecule has 0 aliphatic heterocycles. The van der Waals surface area contributed by atoms with Crippen LogP contribution in [0.2, 0.25) is 0 Å². The number of nitrogens with one attached hydrogen (secondary N) is 1. The summed E-state index contributed by atoms with van der Waals surface area (Å²) >= 11 is 0. The smallest absolute Gasteiger partial charge is 0.159 e. The predicted octanol–water partition coefficient (Wildman–Crippen LogP) is 4.13. The Hall–Kier alpha value is -1.90. The van der Waals surface area contributed by atoms with Crippen LogP contribution in [0.25, 0.3) is 11.4 Å². The normalized spacial score (nSPS) is 22.4. The third-order valence-corrected chi connectivity index (χ3v) is 4.07. The molecule has 1 heterocycles. The standard InChI is InChI=1S/C17H21N3/c1-13-7-9-15(10-8-13)20-16-11-18-17(19-12-16)14-5-3-2-4-6-14/h2-6,11-13,15,20H,7-10H2,1H3. The molecule has 1 aromatic carbocycles. The van der Waals surface area contributed by atoms with Gasteiger partial charge in [0.1, 0.15) is 0 Å². The quantitative estimate of drug-likeness (QED) is 0.908. The Morgan fingerprint density at radius 2 is 1.60 bits per heavy atom. The lowest BCUT2D eigenvalue weighted by Gasteiger charge is -2.27. The highest BCUT2D eigenvalue weighted by Gasteiger charge is 2.17. The number of hydrogen-bond donors (Lipinski definition) is 1. The number of nitrogens with zero attached hydrogens (tertiary/aromatic N) is 2. The third-order valence-electron chi connectivity index (χ3n) is 4.07. The Kier molecular flexibility index (Phi) is 3.95. The fourth-order valence-corrected chi connectivity index (χ4v) is 2.78. The summed E-state index contributed by atoms with van der Waals surface area (Å²) in [5.74, 6) is 1.66. The van der Waals surface area contributed by atoms with Gasteiger partial charge in [0.05, 0.1) is 18.1 Å². The molecule has 20 heavy (non-hydrogen) atoms. The fourth-order valence-electron chi connectivity index (χ4n) is 2.78. The molecule has 0 saturated heterocycles. The van der Waals surface area contributed by atoms with E-state index in [1.54, 1.807) is 0 Å². The summed E-state index contributed by atoms with van der Waals surface area (Å²) in [5.41, 5.74) is 2.09. The monoisotopic (exact) mass is 267 g/mol. The molecular weight excluding hydrogens is 246 g/mol. The Bertz CT molecular complexity index is 528. The van der Waals surface area contributed by atoms with Gasteiger partial charge in [-0.3, -0.25) is 0 Å². The van der Waals surface area contributed by atoms with E-state index in [2.05, 4.69) is 22.2 Å². The minimum absolute atomic E-state index is 0.581. The highest BCUT2D eigenvalue weighted by molar-refractivity contribution is 5.55. The molecule has 1 aromatic heterocycles. The van der Waals surface area contributed by atoms with Crippen molar-refractivity contribution in [3.63, 3.8) is 0 Å². The van der Waals surface area contributed by atoms with E-state index in [4.69, 9.17) is 0 Å². The maximum atomic E-state index is 4.46. The van der Waals surface area contributed by atoms with Crippen LogP contribution in [0.1, 0.15) is 32.6 Å². The van der Waals surface area contributed by atoms with Gasteiger partial charge in [-0.25, -0.2) is 9.97 Å². The molecule has 0 bridgehead atoms. The molecule has 0 spiro atoms. The van der Waals surface area contributed by atoms with Gasteiger partial charge < -0.3 is 5.32 Å². The fraction of sp³-hybridized carbons (Fsp3) is 0.412. The Labute approximate surface area is 120 Å². The highest BCUT2D eigenvalue weighted by atomic mass is 15.0. The molecule has 0 amide bonds. The number of anilines is 1. The van der Waals surface area contributed by atoms with E-state index in [-0.39, 0.29) is 0 Å². The number of aromatic nitrogens is 2. The van der Waals surface area contributed by atoms with Crippen LogP contribution in [-0.2, 0) is 0 Å². The summed E-state index contributed by atoms with van der Waals surface area (Å²) < 4.78 is 0. The van der Waals surface area contributed by atoms with Crippen LogP contribution in [0.3, 0.4) is 0 Å². The van der Waals surface area contributed by atoms with Crippen molar-refractivity contribution < 1.29 is 0 Å². The minimum Gasteiger partial charge on any atom is -0.380 e. The zero-order valence-corrected chi connectivity index (χ0v) is 11.9. The van der Waals surface area contributed by atoms with Crippen molar-refractivity contribution in [1.29, 1.82) is 0 Å². The molecule has 2 aromatic rings. The summed E-state index contributed by atoms with van der Waals surface area (Å²) in [6, 6.07) is 10.7. The van der Waals surface area contributed by atoms with Crippen LogP contribution in [0.4, 0.5) is 5.69 Å². The average molecular weight is 267 g/mol. The van der Waals surface area contributed by atoms with Crippen molar-refractivity contribution in [2.75, 3.05) is 5.32 Å². The predicted molar refractivity (Wildman–Crippen MR) is 82.5 cm³/mol. The summed E-state index contributed by atoms with van der Waals surface area (Å²) in [6.07, 6.45) is 8.94. The maximum absolute atomic E-state index is 4.46. The van der Waals surface area contributed by atoms with Crippen molar-refractivity contribution in [2.24, 2.45) is 5.92 Å². The van der Waals surface area contributed by atoms with E-state index < -0.39 is 0 Å². The first-order valence-electron chi connectivity index (χ1n) is 7.45. The molecule has 1 N–H and O–H groups in total. The van der Waals surface area contributed by atoms with Gasteiger partial charge in [0.25, 0.3) is 0 Å². The van der Waals surface area contributed by atoms with E-state index in [0.717, 1.165) is 23.0 Å². The molecule has 3 rings (SSSR count). The zero-order chi connectivity index (χ0) is 13.8. The molecule has 0 atom stereocenters. The van der Waals surface area contributed by atoms with E-state index in [1.807, 2.05) is 42.7 Å². The van der Waals surface area contributed by atoms with Crippen LogP contribution in [0.5, 0.6) is 0 Å². The van der Waals surface area contributed by atoms with Crippen LogP contribution < -0.4 is 5.32 Å². The van der Waals surface area contributed by atoms with Crippen molar-refractivity contribution >= 4 is 5.69 Å². The molecule has 1 aliphatic carbocycles. The Morgan fingerprint density at radius 3 is 2.25 bits per heavy atom. The largest absolute Gasteiger partial charge is 0.380 e. The average Bonchev–Trinajstić information content (AvgIpc) is 2.51. The lowest BCUT2D eigenvalue weighted by molar-refractivity contribution is 0.361. The summed E-state index contributed by atoms with van der Waals surface area (Å²) in [6.45, 7) is 2.34. The van der Waals surface area contributed by atoms with E-state index >= 15 is 0 Å². The molecule has 104 valence electrons. The van der Waals surface area contributed by atoms with Gasteiger partial charge >= 0.3 is 0 Å². The van der Waals surface area contributed by atoms with E-state index in [9.17, 15) is 0 Å². The Morgan fingerprint density at radius 1 is 0.950 bits per heavy atom. The molecule has 1 fully saturated rings. The SMILES string of the molecule is CC1CCC(Nc2cnc(-c3ccccc3)nc2)CC1. The first kappa shape index (κ1) is 13.1. The lowest BCUT2D eigenvalue weighted by Crippen LogP contribution is -2.25. The van der Waals surface area contributed by atoms with Crippen LogP contribution in [0, 0.1) is 5.92 Å². The first-order chi connectivity index (χ1) is 9.81. The van der Waals surface area contributed by atoms with Crippen LogP contribution in [0.15, 0.2) is 42.7 Å². The molecule has 1 saturated carbocycles. The summed E-state index contributed by atoms with van der Waals surface area (Å²) in [4.78, 5) is 8.91. The van der Waals surface area contributed by atoms with Gasteiger partial charge in [0, 0.05) is 11.6 Å². The number of benzene rings is 1. The van der Waals surface area contributed by atoms with Crippen molar-refractivity contribution in [1.82, 2.24) is 9.97 Å². The zero-order valence-electron chi connectivity index (χ0n) is 11.9. The number of rotatable bonds is 3. The van der Waals surface area contributed by atoms with Crippen molar-refractivity contribution in [3.05, 3.63) is 42.7 Å². The van der Waals surface area contributed by atoms with Crippen LogP contribution in [-0.4, -0.2) is 16.0 Å². The molecule has 0 radical (unpaired) electrons. The van der Waals surface area contributed by atoms with Gasteiger partial charge in [-0.05, 0) is 31.6 Å². The number of hydrogen-bond acceptors (Lipinski definition) is 3. The highest BCUT2D eigenvalue weighted by Crippen LogP contribution is 2.26. The van der Waals surface area contributed by atoms with Crippen LogP contribution >= 0.6 is 0 Å². The second-order valence-corrected chi connectivity index (χ2v) is 5.76. The molecular formula is C17H21N3. The second-order valence-electron chi connectivity index (χ2n) is 5.76. The van der Waals surface area contributed by atoms with Crippen molar-refractivity contribution in [2.45, 2.75) is 38.6 Å². The lowest BCUT2D eigenvalue weighted by atomic mass is 9.87. The topological polar surface area (TPSA) is 37.8 Å². The van der Waals surface area contributed by atoms with Gasteiger partial charge in [0.15, 0.2) is 5.82 Å². The van der Waals surface area contributed by atoms with E-state index in [1.165, 1.54) is 25.7 Å². The molecule has 1 aliphatic rings. The maximum Gasteiger partial charge on any atom is 0.159 e. The van der Waals surface area contributed by atoms with E-state index in [0.29, 0.717) is 6.04 Å². The van der Waals surface area contributed by atoms with Gasteiger partial charge in [0.2, 0.25) is 0 Å². The summed E-state index contributed by atoms with van der Waals surface area (Å²) in [5, 5.41) is 3.56. The second kappa shape index (κ2) is 6.04. The molecule has 0 unspecified atom stereocenters. The van der Waals surface area contributed by atoms with Gasteiger partial charge in [-0.1, -0.05) is 37.3 Å². The minimum atomic E-state index is 0.581. The Balaban J connectivity index is 1.65. The molecule has 3 nitrogen and oxygen atoms in total. The summed E-state index contributed by atoms with van der Waals surface area (Å²) in [7, 11) is 0. The first-order valence-corrected chi connectivity index (χ1v) is 7.45. The molecule has 3 heteroatoms. The van der Waals surface area contributed by atoms with Gasteiger partial charge in [-0.2, -0.15) is 0 Å².